The van der Waals surface area contributed by atoms with Crippen molar-refractivity contribution in [1.82, 2.24) is 4.90 Å². The minimum absolute atomic E-state index is 0.134. The molecular weight excluding hydrogens is 574 g/mol. The zero-order chi connectivity index (χ0) is 27.3. The monoisotopic (exact) mass is 592 g/mol. The number of benzene rings is 2. The normalized spacial score (nSPS) is 34.3. The summed E-state index contributed by atoms with van der Waals surface area (Å²) < 4.78 is 0. The van der Waals surface area contributed by atoms with Crippen LogP contribution in [0.1, 0.15) is 24.3 Å². The van der Waals surface area contributed by atoms with Crippen molar-refractivity contribution in [3.8, 4) is 5.75 Å². The third-order valence-electron chi connectivity index (χ3n) is 8.40. The van der Waals surface area contributed by atoms with Gasteiger partial charge in [0.25, 0.3) is 11.8 Å². The minimum atomic E-state index is -1.99. The highest BCUT2D eigenvalue weighted by atomic mass is 35.5. The second-order valence-corrected chi connectivity index (χ2v) is 12.3. The Balaban J connectivity index is 1.53. The molecule has 2 aliphatic carbocycles. The molecule has 38 heavy (non-hydrogen) atoms. The number of nitrogens with zero attached hydrogens (tertiary/aromatic N) is 2. The SMILES string of the molecule is CN1C(=O)C2(Cl)CC3C(=CCC4C(=O)N(c5ccc(Cl)cc5)C(=O)C43)C(c3cc(Cl)ccc3O)C2(Cl)C1=O. The van der Waals surface area contributed by atoms with Crippen molar-refractivity contribution in [2.45, 2.75) is 28.5 Å². The van der Waals surface area contributed by atoms with E-state index in [1.54, 1.807) is 30.3 Å². The summed E-state index contributed by atoms with van der Waals surface area (Å²) >= 11 is 26.5. The summed E-state index contributed by atoms with van der Waals surface area (Å²) in [5.41, 5.74) is 1.18. The van der Waals surface area contributed by atoms with Crippen LogP contribution in [0, 0.1) is 17.8 Å². The number of rotatable bonds is 2. The maximum absolute atomic E-state index is 13.9. The fourth-order valence-corrected chi connectivity index (χ4v) is 8.01. The Morgan fingerprint density at radius 3 is 2.24 bits per heavy atom. The van der Waals surface area contributed by atoms with Gasteiger partial charge in [-0.2, -0.15) is 0 Å². The molecule has 11 heteroatoms. The maximum Gasteiger partial charge on any atom is 0.253 e. The van der Waals surface area contributed by atoms with E-state index in [4.69, 9.17) is 46.4 Å². The van der Waals surface area contributed by atoms with Gasteiger partial charge in [0, 0.05) is 28.6 Å². The van der Waals surface area contributed by atoms with E-state index < -0.39 is 51.1 Å². The lowest BCUT2D eigenvalue weighted by Gasteiger charge is -2.50. The largest absolute Gasteiger partial charge is 0.508 e. The quantitative estimate of drug-likeness (QED) is 0.304. The highest BCUT2D eigenvalue weighted by molar-refractivity contribution is 6.53. The van der Waals surface area contributed by atoms with Crippen LogP contribution in [0.15, 0.2) is 54.1 Å². The van der Waals surface area contributed by atoms with Gasteiger partial charge in [-0.15, -0.1) is 23.2 Å². The molecule has 2 heterocycles. The molecule has 2 aromatic rings. The molecule has 2 aromatic carbocycles. The summed E-state index contributed by atoms with van der Waals surface area (Å²) in [6, 6.07) is 10.7. The van der Waals surface area contributed by atoms with Gasteiger partial charge in [-0.1, -0.05) is 34.9 Å². The molecule has 196 valence electrons. The van der Waals surface area contributed by atoms with Crippen molar-refractivity contribution in [3.05, 3.63) is 69.7 Å². The van der Waals surface area contributed by atoms with Gasteiger partial charge < -0.3 is 5.11 Å². The number of phenolic OH excluding ortho intramolecular Hbond substituents is 1. The Kier molecular flexibility index (Phi) is 5.72. The number of allylic oxidation sites excluding steroid dienone is 2. The van der Waals surface area contributed by atoms with Crippen LogP contribution in [0.2, 0.25) is 10.0 Å². The van der Waals surface area contributed by atoms with Crippen molar-refractivity contribution >= 4 is 75.7 Å². The number of carbonyl (C=O) groups excluding carboxylic acids is 4. The van der Waals surface area contributed by atoms with Crippen LogP contribution in [-0.2, 0) is 19.2 Å². The van der Waals surface area contributed by atoms with Crippen molar-refractivity contribution < 1.29 is 24.3 Å². The summed E-state index contributed by atoms with van der Waals surface area (Å²) in [5, 5.41) is 11.6. The third kappa shape index (κ3) is 3.16. The molecule has 0 radical (unpaired) electrons. The number of likely N-dealkylation sites (tertiary alicyclic amines) is 1. The molecule has 0 bridgehead atoms. The van der Waals surface area contributed by atoms with Gasteiger partial charge in [0.1, 0.15) is 5.75 Å². The van der Waals surface area contributed by atoms with Gasteiger partial charge in [0.15, 0.2) is 9.75 Å². The van der Waals surface area contributed by atoms with E-state index in [1.165, 1.54) is 25.2 Å². The van der Waals surface area contributed by atoms with Crippen LogP contribution in [0.4, 0.5) is 5.69 Å². The maximum atomic E-state index is 13.9. The van der Waals surface area contributed by atoms with Gasteiger partial charge in [0.05, 0.1) is 17.5 Å². The van der Waals surface area contributed by atoms with Crippen LogP contribution in [-0.4, -0.2) is 50.4 Å². The van der Waals surface area contributed by atoms with Gasteiger partial charge in [-0.3, -0.25) is 29.0 Å². The lowest BCUT2D eigenvalue weighted by atomic mass is 9.56. The minimum Gasteiger partial charge on any atom is -0.508 e. The fourth-order valence-electron chi connectivity index (χ4n) is 6.69. The van der Waals surface area contributed by atoms with Gasteiger partial charge in [0.2, 0.25) is 11.8 Å². The Hall–Kier alpha value is -2.58. The summed E-state index contributed by atoms with van der Waals surface area (Å²) in [5.74, 6) is -5.68. The number of aromatic hydroxyl groups is 1. The van der Waals surface area contributed by atoms with E-state index in [1.807, 2.05) is 0 Å². The Morgan fingerprint density at radius 2 is 1.55 bits per heavy atom. The Morgan fingerprint density at radius 1 is 0.895 bits per heavy atom. The van der Waals surface area contributed by atoms with E-state index >= 15 is 0 Å². The molecule has 6 rings (SSSR count). The Labute approximate surface area is 237 Å². The predicted octanol–water partition coefficient (Wildman–Crippen LogP) is 4.89. The zero-order valence-electron chi connectivity index (χ0n) is 19.8. The molecule has 2 aliphatic heterocycles. The van der Waals surface area contributed by atoms with Crippen LogP contribution in [0.25, 0.3) is 0 Å². The molecule has 7 nitrogen and oxygen atoms in total. The second kappa shape index (κ2) is 8.46. The smallest absolute Gasteiger partial charge is 0.253 e. The van der Waals surface area contributed by atoms with E-state index in [2.05, 4.69) is 0 Å². The molecule has 4 aliphatic rings. The third-order valence-corrected chi connectivity index (χ3v) is 10.3. The first-order valence-electron chi connectivity index (χ1n) is 11.9. The summed E-state index contributed by atoms with van der Waals surface area (Å²) in [6.07, 6.45) is 1.87. The van der Waals surface area contributed by atoms with E-state index in [-0.39, 0.29) is 35.1 Å². The standard InChI is InChI=1S/C27H20Cl4N2O5/c1-32-24(37)26(30)11-18-15(21(27(26,31)25(32)38)17-10-13(29)4-9-19(17)34)7-8-16-20(18)23(36)33(22(16)35)14-5-2-12(28)3-6-14/h2-7,9-10,16,18,20-21,34H,8,11H2,1H3. The lowest BCUT2D eigenvalue weighted by Crippen LogP contribution is -2.60. The number of amides is 4. The number of carbonyl (C=O) groups is 4. The van der Waals surface area contributed by atoms with Crippen LogP contribution < -0.4 is 4.90 Å². The zero-order valence-corrected chi connectivity index (χ0v) is 22.9. The molecule has 3 fully saturated rings. The highest BCUT2D eigenvalue weighted by Gasteiger charge is 2.76. The van der Waals surface area contributed by atoms with Gasteiger partial charge in [-0.25, -0.2) is 0 Å². The molecular formula is C27H20Cl4N2O5. The summed E-state index contributed by atoms with van der Waals surface area (Å²) in [6.45, 7) is 0. The average molecular weight is 594 g/mol. The fraction of sp³-hybridized carbons (Fsp3) is 0.333. The number of imide groups is 2. The number of phenols is 1. The molecule has 0 aromatic heterocycles. The average Bonchev–Trinajstić information content (AvgIpc) is 3.21. The molecule has 0 spiro atoms. The second-order valence-electron chi connectivity index (χ2n) is 10.2. The predicted molar refractivity (Wildman–Crippen MR) is 143 cm³/mol. The number of halogens is 4. The summed E-state index contributed by atoms with van der Waals surface area (Å²) in [7, 11) is 1.31. The summed E-state index contributed by atoms with van der Waals surface area (Å²) in [4.78, 5) is 52.5. The van der Waals surface area contributed by atoms with Crippen LogP contribution >= 0.6 is 46.4 Å². The molecule has 1 N–H and O–H groups in total. The van der Waals surface area contributed by atoms with E-state index in [9.17, 15) is 24.3 Å². The van der Waals surface area contributed by atoms with Crippen molar-refractivity contribution in [2.24, 2.45) is 17.8 Å². The Bertz CT molecular complexity index is 1480. The van der Waals surface area contributed by atoms with Crippen molar-refractivity contribution in [2.75, 3.05) is 11.9 Å². The molecule has 6 atom stereocenters. The number of fused-ring (bicyclic) bond motifs is 4. The topological polar surface area (TPSA) is 95.0 Å². The first-order valence-corrected chi connectivity index (χ1v) is 13.4. The number of alkyl halides is 2. The van der Waals surface area contributed by atoms with Gasteiger partial charge in [-0.05, 0) is 61.2 Å². The first-order chi connectivity index (χ1) is 17.9. The molecule has 6 unspecified atom stereocenters. The van der Waals surface area contributed by atoms with Gasteiger partial charge >= 0.3 is 0 Å². The lowest BCUT2D eigenvalue weighted by molar-refractivity contribution is -0.138. The number of hydrogen-bond acceptors (Lipinski definition) is 5. The van der Waals surface area contributed by atoms with E-state index in [0.29, 0.717) is 16.3 Å². The van der Waals surface area contributed by atoms with Crippen LogP contribution in [0.5, 0.6) is 5.75 Å². The van der Waals surface area contributed by atoms with Crippen LogP contribution in [0.3, 0.4) is 0 Å². The van der Waals surface area contributed by atoms with E-state index in [0.717, 1.165) is 9.80 Å². The molecule has 2 saturated heterocycles. The van der Waals surface area contributed by atoms with Crippen molar-refractivity contribution in [1.29, 1.82) is 0 Å². The van der Waals surface area contributed by atoms with Crippen molar-refractivity contribution in [3.63, 3.8) is 0 Å². The first kappa shape index (κ1) is 25.7. The molecule has 1 saturated carbocycles. The number of anilines is 1. The number of hydrogen-bond donors (Lipinski definition) is 1. The highest BCUT2D eigenvalue weighted by Crippen LogP contribution is 2.66. The molecule has 4 amide bonds.